The molecule has 1 N–H and O–H groups in total. The number of thiophene rings is 1. The molecule has 2 aromatic rings. The Morgan fingerprint density at radius 3 is 2.57 bits per heavy atom. The van der Waals surface area contributed by atoms with Gasteiger partial charge in [-0.1, -0.05) is 57.6 Å². The van der Waals surface area contributed by atoms with Crippen molar-refractivity contribution in [3.8, 4) is 0 Å². The number of ether oxygens (including phenoxy) is 1. The second kappa shape index (κ2) is 13.6. The predicted molar refractivity (Wildman–Crippen MR) is 146 cm³/mol. The Labute approximate surface area is 214 Å². The maximum atomic E-state index is 12.0. The van der Waals surface area contributed by atoms with Gasteiger partial charge in [0.1, 0.15) is 5.84 Å². The number of aliphatic imine (C=N–C) groups is 1. The standard InChI is InChI=1S/C28H40N4O2S/c1-2-3-4-5-6-7-8-14-26(33)34-21-11-16-31-17-19-32(20-18-31)28-27-25(15-22-35-27)29-23-12-9-10-13-24(23)30-28/h9-10,12-13,15,22,29H,2-8,11,14,16-21H2,1H3. The van der Waals surface area contributed by atoms with Crippen LogP contribution in [0.1, 0.15) is 69.6 Å². The van der Waals surface area contributed by atoms with Gasteiger partial charge in [-0.3, -0.25) is 9.69 Å². The fraction of sp³-hybridized carbons (Fsp3) is 0.571. The number of carbonyl (C=O) groups is 1. The molecule has 0 unspecified atom stereocenters. The Bertz CT molecular complexity index is 965. The predicted octanol–water partition coefficient (Wildman–Crippen LogP) is 6.58. The molecule has 3 heterocycles. The number of anilines is 2. The van der Waals surface area contributed by atoms with Crippen molar-refractivity contribution < 1.29 is 9.53 Å². The third-order valence-electron chi connectivity index (χ3n) is 6.81. The molecule has 0 saturated carbocycles. The van der Waals surface area contributed by atoms with E-state index in [1.54, 1.807) is 11.3 Å². The summed E-state index contributed by atoms with van der Waals surface area (Å²) < 4.78 is 5.47. The average Bonchev–Trinajstić information content (AvgIpc) is 3.27. The van der Waals surface area contributed by atoms with Crippen LogP contribution in [-0.2, 0) is 9.53 Å². The van der Waals surface area contributed by atoms with Crippen LogP contribution in [-0.4, -0.2) is 60.9 Å². The van der Waals surface area contributed by atoms with Gasteiger partial charge in [0.15, 0.2) is 0 Å². The lowest BCUT2D eigenvalue weighted by molar-refractivity contribution is -0.144. The number of hydrogen-bond donors (Lipinski definition) is 1. The number of carbonyl (C=O) groups excluding carboxylic acids is 1. The molecule has 0 atom stereocenters. The smallest absolute Gasteiger partial charge is 0.305 e. The third-order valence-corrected chi connectivity index (χ3v) is 7.72. The van der Waals surface area contributed by atoms with E-state index in [1.807, 2.05) is 12.1 Å². The first kappa shape index (κ1) is 25.7. The monoisotopic (exact) mass is 496 g/mol. The van der Waals surface area contributed by atoms with Crippen molar-refractivity contribution in [3.05, 3.63) is 40.6 Å². The van der Waals surface area contributed by atoms with Gasteiger partial charge in [0.2, 0.25) is 0 Å². The number of piperazine rings is 1. The lowest BCUT2D eigenvalue weighted by Gasteiger charge is -2.36. The molecule has 1 saturated heterocycles. The van der Waals surface area contributed by atoms with E-state index in [4.69, 9.17) is 9.73 Å². The number of hydrogen-bond acceptors (Lipinski definition) is 7. The summed E-state index contributed by atoms with van der Waals surface area (Å²) in [4.78, 5) is 23.1. The first-order valence-electron chi connectivity index (χ1n) is 13.4. The highest BCUT2D eigenvalue weighted by Crippen LogP contribution is 2.37. The van der Waals surface area contributed by atoms with Gasteiger partial charge in [0, 0.05) is 39.1 Å². The van der Waals surface area contributed by atoms with Crippen LogP contribution in [0.4, 0.5) is 17.1 Å². The maximum absolute atomic E-state index is 12.0. The molecule has 2 aliphatic rings. The topological polar surface area (TPSA) is 57.2 Å². The molecule has 0 radical (unpaired) electrons. The van der Waals surface area contributed by atoms with Crippen molar-refractivity contribution in [1.82, 2.24) is 9.80 Å². The zero-order chi connectivity index (χ0) is 24.3. The average molecular weight is 497 g/mol. The van der Waals surface area contributed by atoms with Gasteiger partial charge in [-0.2, -0.15) is 0 Å². The number of benzene rings is 1. The summed E-state index contributed by atoms with van der Waals surface area (Å²) in [5, 5.41) is 5.68. The van der Waals surface area contributed by atoms with Gasteiger partial charge < -0.3 is 15.0 Å². The minimum Gasteiger partial charge on any atom is -0.466 e. The van der Waals surface area contributed by atoms with Crippen LogP contribution in [0.5, 0.6) is 0 Å². The van der Waals surface area contributed by atoms with E-state index in [1.165, 1.54) is 37.0 Å². The van der Waals surface area contributed by atoms with Crippen LogP contribution in [0.25, 0.3) is 0 Å². The van der Waals surface area contributed by atoms with E-state index in [2.05, 4.69) is 45.6 Å². The van der Waals surface area contributed by atoms with E-state index >= 15 is 0 Å². The van der Waals surface area contributed by atoms with Gasteiger partial charge in [0.05, 0.1) is 28.5 Å². The molecular weight excluding hydrogens is 456 g/mol. The van der Waals surface area contributed by atoms with Gasteiger partial charge in [-0.25, -0.2) is 4.99 Å². The number of para-hydroxylation sites is 2. The summed E-state index contributed by atoms with van der Waals surface area (Å²) in [5.74, 6) is 1.04. The summed E-state index contributed by atoms with van der Waals surface area (Å²) in [6.45, 7) is 7.65. The lowest BCUT2D eigenvalue weighted by Crippen LogP contribution is -2.49. The van der Waals surface area contributed by atoms with Crippen molar-refractivity contribution in [3.63, 3.8) is 0 Å². The summed E-state index contributed by atoms with van der Waals surface area (Å²) in [6, 6.07) is 10.4. The Kier molecular flexibility index (Phi) is 10.0. The lowest BCUT2D eigenvalue weighted by atomic mass is 10.1. The van der Waals surface area contributed by atoms with Crippen molar-refractivity contribution in [1.29, 1.82) is 0 Å². The Balaban J connectivity index is 1.15. The molecule has 35 heavy (non-hydrogen) atoms. The minimum absolute atomic E-state index is 0.0320. The molecule has 190 valence electrons. The van der Waals surface area contributed by atoms with Crippen LogP contribution in [0.15, 0.2) is 40.7 Å². The van der Waals surface area contributed by atoms with Gasteiger partial charge >= 0.3 is 5.97 Å². The number of amidine groups is 1. The number of esters is 1. The number of fused-ring (bicyclic) bond motifs is 2. The second-order valence-corrected chi connectivity index (χ2v) is 10.4. The van der Waals surface area contributed by atoms with Gasteiger partial charge in [-0.05, 0) is 36.4 Å². The molecule has 7 heteroatoms. The van der Waals surface area contributed by atoms with Crippen molar-refractivity contribution in [2.75, 3.05) is 44.6 Å². The number of nitrogens with zero attached hydrogens (tertiary/aromatic N) is 3. The molecule has 2 aliphatic heterocycles. The summed E-state index contributed by atoms with van der Waals surface area (Å²) in [6.07, 6.45) is 10.0. The van der Waals surface area contributed by atoms with Crippen LogP contribution < -0.4 is 5.32 Å². The van der Waals surface area contributed by atoms with Crippen LogP contribution in [0, 0.1) is 0 Å². The van der Waals surface area contributed by atoms with E-state index in [0.29, 0.717) is 13.0 Å². The maximum Gasteiger partial charge on any atom is 0.305 e. The molecule has 1 aromatic carbocycles. The van der Waals surface area contributed by atoms with E-state index in [-0.39, 0.29) is 5.97 Å². The summed E-state index contributed by atoms with van der Waals surface area (Å²) in [7, 11) is 0. The van der Waals surface area contributed by atoms with Crippen molar-refractivity contribution in [2.45, 2.75) is 64.7 Å². The highest BCUT2D eigenvalue weighted by Gasteiger charge is 2.25. The van der Waals surface area contributed by atoms with E-state index in [9.17, 15) is 4.79 Å². The highest BCUT2D eigenvalue weighted by molar-refractivity contribution is 7.12. The largest absolute Gasteiger partial charge is 0.466 e. The third kappa shape index (κ3) is 7.55. The zero-order valence-electron chi connectivity index (χ0n) is 21.1. The molecule has 6 nitrogen and oxygen atoms in total. The second-order valence-electron chi connectivity index (χ2n) is 9.51. The van der Waals surface area contributed by atoms with Crippen LogP contribution in [0.2, 0.25) is 0 Å². The van der Waals surface area contributed by atoms with Crippen molar-refractivity contribution >= 4 is 40.2 Å². The fourth-order valence-electron chi connectivity index (χ4n) is 4.74. The van der Waals surface area contributed by atoms with E-state index < -0.39 is 0 Å². The Morgan fingerprint density at radius 1 is 0.971 bits per heavy atom. The van der Waals surface area contributed by atoms with Gasteiger partial charge in [-0.15, -0.1) is 11.3 Å². The first-order chi connectivity index (χ1) is 17.2. The molecule has 0 aliphatic carbocycles. The summed E-state index contributed by atoms with van der Waals surface area (Å²) >= 11 is 1.75. The number of nitrogens with one attached hydrogen (secondary N) is 1. The molecule has 0 amide bonds. The zero-order valence-corrected chi connectivity index (χ0v) is 22.0. The van der Waals surface area contributed by atoms with Crippen molar-refractivity contribution in [2.24, 2.45) is 4.99 Å². The van der Waals surface area contributed by atoms with Gasteiger partial charge in [0.25, 0.3) is 0 Å². The number of rotatable bonds is 12. The number of unbranched alkanes of at least 4 members (excludes halogenated alkanes) is 6. The first-order valence-corrected chi connectivity index (χ1v) is 14.3. The van der Waals surface area contributed by atoms with E-state index in [0.717, 1.165) is 74.9 Å². The minimum atomic E-state index is -0.0320. The Hall–Kier alpha value is -2.38. The fourth-order valence-corrected chi connectivity index (χ4v) is 5.60. The highest BCUT2D eigenvalue weighted by atomic mass is 32.1. The molecule has 1 aromatic heterocycles. The molecule has 0 bridgehead atoms. The quantitative estimate of drug-likeness (QED) is 0.266. The molecule has 4 rings (SSSR count). The summed E-state index contributed by atoms with van der Waals surface area (Å²) in [5.41, 5.74) is 3.19. The van der Waals surface area contributed by atoms with Crippen LogP contribution in [0.3, 0.4) is 0 Å². The molecular formula is C28H40N4O2S. The Morgan fingerprint density at radius 2 is 1.74 bits per heavy atom. The molecule has 0 spiro atoms. The SMILES string of the molecule is CCCCCCCCCC(=O)OCCCN1CCN(C2=Nc3ccccc3Nc3ccsc32)CC1. The molecule has 1 fully saturated rings. The van der Waals surface area contributed by atoms with Crippen LogP contribution >= 0.6 is 11.3 Å². The normalized spacial score (nSPS) is 15.6.